The summed E-state index contributed by atoms with van der Waals surface area (Å²) in [7, 11) is -3.60. The molecule has 0 bridgehead atoms. The quantitative estimate of drug-likeness (QED) is 0.817. The van der Waals surface area contributed by atoms with Crippen molar-refractivity contribution in [1.29, 1.82) is 0 Å². The minimum atomic E-state index is -3.60. The van der Waals surface area contributed by atoms with E-state index in [9.17, 15) is 12.8 Å². The normalized spacial score (nSPS) is 20.8. The van der Waals surface area contributed by atoms with E-state index in [1.165, 1.54) is 12.1 Å². The van der Waals surface area contributed by atoms with Crippen LogP contribution >= 0.6 is 0 Å². The van der Waals surface area contributed by atoms with Crippen molar-refractivity contribution in [3.8, 4) is 0 Å². The summed E-state index contributed by atoms with van der Waals surface area (Å²) in [5.74, 6) is -0.464. The molecule has 0 saturated carbocycles. The van der Waals surface area contributed by atoms with Gasteiger partial charge in [0.2, 0.25) is 10.0 Å². The molecular formula is C11H15FN2O3S. The molecule has 0 amide bonds. The smallest absolute Gasteiger partial charge is 0.240 e. The zero-order valence-electron chi connectivity index (χ0n) is 9.73. The summed E-state index contributed by atoms with van der Waals surface area (Å²) in [6.45, 7) is 2.17. The van der Waals surface area contributed by atoms with Crippen molar-refractivity contribution >= 4 is 10.0 Å². The maximum absolute atomic E-state index is 12.7. The van der Waals surface area contributed by atoms with E-state index in [-0.39, 0.29) is 17.5 Å². The Morgan fingerprint density at radius 1 is 1.39 bits per heavy atom. The van der Waals surface area contributed by atoms with Gasteiger partial charge in [-0.25, -0.2) is 17.5 Å². The lowest BCUT2D eigenvalue weighted by atomic mass is 10.3. The number of rotatable bonds is 4. The van der Waals surface area contributed by atoms with Crippen LogP contribution in [0.15, 0.2) is 29.2 Å². The fourth-order valence-electron chi connectivity index (χ4n) is 1.65. The second kappa shape index (κ2) is 5.75. The average Bonchev–Trinajstić information content (AvgIpc) is 2.38. The Kier molecular flexibility index (Phi) is 4.28. The zero-order chi connectivity index (χ0) is 13.0. The zero-order valence-corrected chi connectivity index (χ0v) is 10.5. The molecule has 1 unspecified atom stereocenters. The van der Waals surface area contributed by atoms with Crippen LogP contribution in [0.3, 0.4) is 0 Å². The predicted octanol–water partition coefficient (Wildman–Crippen LogP) is 0.0924. The number of ether oxygens (including phenoxy) is 1. The molecule has 1 aliphatic heterocycles. The van der Waals surface area contributed by atoms with Crippen LogP contribution in [0.25, 0.3) is 0 Å². The number of benzene rings is 1. The highest BCUT2D eigenvalue weighted by molar-refractivity contribution is 7.89. The van der Waals surface area contributed by atoms with Crippen LogP contribution in [0.1, 0.15) is 0 Å². The molecule has 1 atom stereocenters. The van der Waals surface area contributed by atoms with E-state index in [1.54, 1.807) is 0 Å². The molecule has 1 aromatic rings. The number of halogens is 1. The standard InChI is InChI=1S/C11H15FN2O3S/c12-9-1-3-11(4-2-9)18(15,16)14-8-10-7-13-5-6-17-10/h1-4,10,13-14H,5-8H2. The second-order valence-electron chi connectivity index (χ2n) is 4.00. The van der Waals surface area contributed by atoms with E-state index < -0.39 is 15.8 Å². The number of sulfonamides is 1. The molecule has 7 heteroatoms. The first-order chi connectivity index (χ1) is 8.58. The first-order valence-corrected chi connectivity index (χ1v) is 7.14. The Bertz CT molecular complexity index is 484. The summed E-state index contributed by atoms with van der Waals surface area (Å²) in [4.78, 5) is 0.0488. The fourth-order valence-corrected chi connectivity index (χ4v) is 2.72. The van der Waals surface area contributed by atoms with E-state index in [4.69, 9.17) is 4.74 Å². The predicted molar refractivity (Wildman–Crippen MR) is 64.2 cm³/mol. The first kappa shape index (κ1) is 13.4. The van der Waals surface area contributed by atoms with Gasteiger partial charge in [0, 0.05) is 19.6 Å². The first-order valence-electron chi connectivity index (χ1n) is 5.65. The van der Waals surface area contributed by atoms with Crippen molar-refractivity contribution in [2.75, 3.05) is 26.2 Å². The van der Waals surface area contributed by atoms with Crippen molar-refractivity contribution in [1.82, 2.24) is 10.0 Å². The molecule has 1 saturated heterocycles. The highest BCUT2D eigenvalue weighted by Crippen LogP contribution is 2.09. The van der Waals surface area contributed by atoms with Crippen molar-refractivity contribution in [3.05, 3.63) is 30.1 Å². The Hall–Kier alpha value is -1.02. The van der Waals surface area contributed by atoms with Crippen molar-refractivity contribution in [2.45, 2.75) is 11.0 Å². The SMILES string of the molecule is O=S(=O)(NCC1CNCCO1)c1ccc(F)cc1. The third kappa shape index (κ3) is 3.49. The van der Waals surface area contributed by atoms with Gasteiger partial charge in [-0.15, -0.1) is 0 Å². The largest absolute Gasteiger partial charge is 0.374 e. The molecule has 18 heavy (non-hydrogen) atoms. The molecule has 1 aliphatic rings. The number of hydrogen-bond acceptors (Lipinski definition) is 4. The maximum Gasteiger partial charge on any atom is 0.240 e. The van der Waals surface area contributed by atoms with Gasteiger partial charge in [0.1, 0.15) is 5.82 Å². The van der Waals surface area contributed by atoms with Crippen LogP contribution in [0.2, 0.25) is 0 Å². The van der Waals surface area contributed by atoms with Crippen LogP contribution in [0.4, 0.5) is 4.39 Å². The molecule has 0 radical (unpaired) electrons. The monoisotopic (exact) mass is 274 g/mol. The van der Waals surface area contributed by atoms with E-state index in [2.05, 4.69) is 10.0 Å². The molecular weight excluding hydrogens is 259 g/mol. The molecule has 1 fully saturated rings. The van der Waals surface area contributed by atoms with Gasteiger partial charge in [-0.05, 0) is 24.3 Å². The van der Waals surface area contributed by atoms with Gasteiger partial charge in [0.05, 0.1) is 17.6 Å². The molecule has 1 heterocycles. The Labute approximate surface area is 105 Å². The summed E-state index contributed by atoms with van der Waals surface area (Å²) >= 11 is 0. The molecule has 0 aliphatic carbocycles. The van der Waals surface area contributed by atoms with Gasteiger partial charge in [0.25, 0.3) is 0 Å². The van der Waals surface area contributed by atoms with Crippen molar-refractivity contribution in [3.63, 3.8) is 0 Å². The van der Waals surface area contributed by atoms with E-state index in [0.29, 0.717) is 13.2 Å². The van der Waals surface area contributed by atoms with Crippen LogP contribution in [-0.4, -0.2) is 40.8 Å². The lowest BCUT2D eigenvalue weighted by Gasteiger charge is -2.23. The van der Waals surface area contributed by atoms with Crippen LogP contribution in [-0.2, 0) is 14.8 Å². The molecule has 0 spiro atoms. The summed E-state index contributed by atoms with van der Waals surface area (Å²) in [5, 5.41) is 3.11. The van der Waals surface area contributed by atoms with Gasteiger partial charge in [-0.2, -0.15) is 0 Å². The third-order valence-electron chi connectivity index (χ3n) is 2.63. The molecule has 0 aromatic heterocycles. The van der Waals surface area contributed by atoms with Gasteiger partial charge >= 0.3 is 0 Å². The maximum atomic E-state index is 12.7. The number of hydrogen-bond donors (Lipinski definition) is 2. The summed E-state index contributed by atoms with van der Waals surface area (Å²) in [5.41, 5.74) is 0. The Balaban J connectivity index is 1.96. The average molecular weight is 274 g/mol. The van der Waals surface area contributed by atoms with Crippen LogP contribution < -0.4 is 10.0 Å². The third-order valence-corrected chi connectivity index (χ3v) is 4.07. The highest BCUT2D eigenvalue weighted by atomic mass is 32.2. The molecule has 5 nitrogen and oxygen atoms in total. The number of morpholine rings is 1. The van der Waals surface area contributed by atoms with E-state index in [1.807, 2.05) is 0 Å². The van der Waals surface area contributed by atoms with Crippen LogP contribution in [0.5, 0.6) is 0 Å². The lowest BCUT2D eigenvalue weighted by molar-refractivity contribution is 0.0324. The van der Waals surface area contributed by atoms with Gasteiger partial charge in [-0.3, -0.25) is 0 Å². The minimum absolute atomic E-state index is 0.0488. The summed E-state index contributed by atoms with van der Waals surface area (Å²) < 4.78 is 44.3. The van der Waals surface area contributed by atoms with Gasteiger partial charge < -0.3 is 10.1 Å². The topological polar surface area (TPSA) is 67.4 Å². The molecule has 2 rings (SSSR count). The van der Waals surface area contributed by atoms with Crippen LogP contribution in [0, 0.1) is 5.82 Å². The molecule has 1 aromatic carbocycles. The van der Waals surface area contributed by atoms with Gasteiger partial charge in [0.15, 0.2) is 0 Å². The molecule has 2 N–H and O–H groups in total. The highest BCUT2D eigenvalue weighted by Gasteiger charge is 2.18. The lowest BCUT2D eigenvalue weighted by Crippen LogP contribution is -2.45. The minimum Gasteiger partial charge on any atom is -0.374 e. The number of nitrogens with one attached hydrogen (secondary N) is 2. The summed E-state index contributed by atoms with van der Waals surface area (Å²) in [6, 6.07) is 4.70. The summed E-state index contributed by atoms with van der Waals surface area (Å²) in [6.07, 6.45) is -0.172. The van der Waals surface area contributed by atoms with Gasteiger partial charge in [-0.1, -0.05) is 0 Å². The van der Waals surface area contributed by atoms with E-state index >= 15 is 0 Å². The fraction of sp³-hybridized carbons (Fsp3) is 0.455. The van der Waals surface area contributed by atoms with Crippen molar-refractivity contribution in [2.24, 2.45) is 0 Å². The second-order valence-corrected chi connectivity index (χ2v) is 5.77. The molecule has 100 valence electrons. The van der Waals surface area contributed by atoms with E-state index in [0.717, 1.165) is 18.7 Å². The van der Waals surface area contributed by atoms with Crippen molar-refractivity contribution < 1.29 is 17.5 Å². The Morgan fingerprint density at radius 2 is 2.11 bits per heavy atom. The Morgan fingerprint density at radius 3 is 2.72 bits per heavy atom.